The van der Waals surface area contributed by atoms with E-state index >= 15 is 0 Å². The number of phenolic OH excluding ortho intramolecular Hbond substituents is 1. The summed E-state index contributed by atoms with van der Waals surface area (Å²) in [5.74, 6) is 0.907. The van der Waals surface area contributed by atoms with Crippen molar-refractivity contribution in [2.45, 2.75) is 24.5 Å². The monoisotopic (exact) mass is 602 g/mol. The van der Waals surface area contributed by atoms with E-state index in [1.54, 1.807) is 24.3 Å². The molecular formula is C30H38N2O7S2. The highest BCUT2D eigenvalue weighted by Crippen LogP contribution is 2.21. The van der Waals surface area contributed by atoms with Gasteiger partial charge in [0.15, 0.2) is 0 Å². The van der Waals surface area contributed by atoms with Crippen LogP contribution >= 0.6 is 11.8 Å². The summed E-state index contributed by atoms with van der Waals surface area (Å²) in [6.07, 6.45) is 2.84. The second-order valence-corrected chi connectivity index (χ2v) is 12.4. The van der Waals surface area contributed by atoms with Crippen LogP contribution in [0.1, 0.15) is 16.7 Å². The number of piperazine rings is 1. The maximum atomic E-state index is 11.7. The van der Waals surface area contributed by atoms with Gasteiger partial charge in [0.25, 0.3) is 0 Å². The Kier molecular flexibility index (Phi) is 13.3. The zero-order valence-electron chi connectivity index (χ0n) is 23.1. The van der Waals surface area contributed by atoms with E-state index in [-0.39, 0.29) is 11.5 Å². The van der Waals surface area contributed by atoms with Crippen LogP contribution in [0.15, 0.2) is 72.8 Å². The molecule has 4 N–H and O–H groups in total. The largest absolute Gasteiger partial charge is 0.508 e. The van der Waals surface area contributed by atoms with Gasteiger partial charge in [-0.05, 0) is 71.7 Å². The van der Waals surface area contributed by atoms with Crippen molar-refractivity contribution in [1.82, 2.24) is 10.6 Å². The van der Waals surface area contributed by atoms with Gasteiger partial charge < -0.3 is 29.8 Å². The molecule has 1 heterocycles. The number of aryl methyl sites for hydroxylation is 1. The zero-order chi connectivity index (χ0) is 29.5. The molecule has 0 radical (unpaired) electrons. The molecule has 1 saturated heterocycles. The summed E-state index contributed by atoms with van der Waals surface area (Å²) in [5, 5.41) is 24.9. The van der Waals surface area contributed by atoms with Crippen LogP contribution in [-0.4, -0.2) is 74.6 Å². The quantitative estimate of drug-likeness (QED) is 0.215. The van der Waals surface area contributed by atoms with Crippen LogP contribution in [0, 0.1) is 0 Å². The molecule has 0 saturated carbocycles. The predicted molar refractivity (Wildman–Crippen MR) is 163 cm³/mol. The first-order valence-corrected chi connectivity index (χ1v) is 16.3. The molecule has 3 aromatic carbocycles. The number of aliphatic carboxylic acids is 1. The second kappa shape index (κ2) is 16.9. The van der Waals surface area contributed by atoms with Crippen molar-refractivity contribution in [2.75, 3.05) is 44.8 Å². The summed E-state index contributed by atoms with van der Waals surface area (Å²) in [5.41, 5.74) is 3.09. The maximum Gasteiger partial charge on any atom is 0.316 e. The highest BCUT2D eigenvalue weighted by atomic mass is 32.2. The van der Waals surface area contributed by atoms with E-state index in [2.05, 4.69) is 10.6 Å². The summed E-state index contributed by atoms with van der Waals surface area (Å²) in [6.45, 7) is 5.00. The summed E-state index contributed by atoms with van der Waals surface area (Å²) >= 11 is 1.42. The summed E-state index contributed by atoms with van der Waals surface area (Å²) in [6, 6.07) is 21.2. The van der Waals surface area contributed by atoms with Crippen LogP contribution < -0.4 is 19.6 Å². The van der Waals surface area contributed by atoms with E-state index < -0.39 is 21.3 Å². The Balaban J connectivity index is 0.000000681. The fourth-order valence-electron chi connectivity index (χ4n) is 3.91. The van der Waals surface area contributed by atoms with Crippen molar-refractivity contribution in [3.63, 3.8) is 0 Å². The lowest BCUT2D eigenvalue weighted by Gasteiger charge is -2.13. The second-order valence-electron chi connectivity index (χ2n) is 9.49. The Morgan fingerprint density at radius 2 is 1.34 bits per heavy atom. The van der Waals surface area contributed by atoms with Gasteiger partial charge in [-0.2, -0.15) is 8.42 Å². The van der Waals surface area contributed by atoms with E-state index in [1.807, 2.05) is 36.4 Å². The van der Waals surface area contributed by atoms with Gasteiger partial charge in [0.05, 0.1) is 12.9 Å². The molecule has 1 unspecified atom stereocenters. The molecule has 0 spiro atoms. The molecule has 9 nitrogen and oxygen atoms in total. The van der Waals surface area contributed by atoms with Crippen LogP contribution in [0.2, 0.25) is 0 Å². The minimum Gasteiger partial charge on any atom is -0.508 e. The summed E-state index contributed by atoms with van der Waals surface area (Å²) in [4.78, 5) is 11.7. The SMILES string of the molecule is C1CNCCN1.CS(=O)(=O)Oc1ccc(OCCc2ccc(CC(SCCc3ccc(O)cc3)C(=O)O)cc2)cc1. The number of benzene rings is 3. The van der Waals surface area contributed by atoms with Gasteiger partial charge in [-0.15, -0.1) is 11.8 Å². The first-order valence-electron chi connectivity index (χ1n) is 13.4. The lowest BCUT2D eigenvalue weighted by atomic mass is 10.1. The third kappa shape index (κ3) is 13.3. The number of ether oxygens (including phenoxy) is 1. The number of hydrogen-bond donors (Lipinski definition) is 4. The normalized spacial score (nSPS) is 13.9. The molecule has 1 fully saturated rings. The van der Waals surface area contributed by atoms with E-state index in [0.29, 0.717) is 31.0 Å². The first kappa shape index (κ1) is 32.3. The molecular weight excluding hydrogens is 564 g/mol. The zero-order valence-corrected chi connectivity index (χ0v) is 24.8. The van der Waals surface area contributed by atoms with Crippen molar-refractivity contribution in [2.24, 2.45) is 0 Å². The van der Waals surface area contributed by atoms with E-state index in [4.69, 9.17) is 8.92 Å². The van der Waals surface area contributed by atoms with Crippen LogP contribution in [0.3, 0.4) is 0 Å². The number of nitrogens with one attached hydrogen (secondary N) is 2. The summed E-state index contributed by atoms with van der Waals surface area (Å²) in [7, 11) is -3.56. The average Bonchev–Trinajstić information content (AvgIpc) is 2.96. The van der Waals surface area contributed by atoms with Crippen LogP contribution in [-0.2, 0) is 34.2 Å². The number of carboxylic acid groups (broad SMARTS) is 1. The molecule has 1 atom stereocenters. The maximum absolute atomic E-state index is 11.7. The minimum atomic E-state index is -3.56. The van der Waals surface area contributed by atoms with Crippen molar-refractivity contribution in [1.29, 1.82) is 0 Å². The Hall–Kier alpha value is -3.25. The highest BCUT2D eigenvalue weighted by molar-refractivity contribution is 8.00. The number of rotatable bonds is 13. The van der Waals surface area contributed by atoms with E-state index in [1.165, 1.54) is 23.9 Å². The number of hydrogen-bond acceptors (Lipinski definition) is 9. The van der Waals surface area contributed by atoms with Gasteiger partial charge in [-0.1, -0.05) is 36.4 Å². The molecule has 0 aliphatic carbocycles. The van der Waals surface area contributed by atoms with Crippen molar-refractivity contribution in [3.8, 4) is 17.2 Å². The standard InChI is InChI=1S/C26H28O7S2.C4H10N2/c1-35(30,31)33-24-12-10-23(11-13-24)32-16-14-19-2-4-21(5-3-19)18-25(26(28)29)34-17-15-20-6-8-22(27)9-7-20;1-2-6-4-3-5-1/h2-13,25,27H,14-18H2,1H3,(H,28,29);5-6H,1-4H2. The van der Waals surface area contributed by atoms with E-state index in [0.717, 1.165) is 55.5 Å². The topological polar surface area (TPSA) is 134 Å². The fraction of sp³-hybridized carbons (Fsp3) is 0.367. The molecule has 3 aromatic rings. The molecule has 1 aliphatic rings. The average molecular weight is 603 g/mol. The van der Waals surface area contributed by atoms with E-state index in [9.17, 15) is 23.4 Å². The van der Waals surface area contributed by atoms with Crippen molar-refractivity contribution < 1.29 is 32.3 Å². The van der Waals surface area contributed by atoms with Crippen molar-refractivity contribution in [3.05, 3.63) is 89.5 Å². The molecule has 1 aliphatic heterocycles. The summed E-state index contributed by atoms with van der Waals surface area (Å²) < 4.78 is 32.8. The molecule has 4 rings (SSSR count). The Bertz CT molecular complexity index is 1280. The van der Waals surface area contributed by atoms with Gasteiger partial charge in [0, 0.05) is 32.6 Å². The predicted octanol–water partition coefficient (Wildman–Crippen LogP) is 3.50. The smallest absolute Gasteiger partial charge is 0.316 e. The number of phenols is 1. The molecule has 222 valence electrons. The lowest BCUT2D eigenvalue weighted by Crippen LogP contribution is -2.39. The van der Waals surface area contributed by atoms with Gasteiger partial charge in [0.2, 0.25) is 0 Å². The Morgan fingerprint density at radius 1 is 0.829 bits per heavy atom. The number of aromatic hydroxyl groups is 1. The first-order chi connectivity index (χ1) is 19.7. The third-order valence-corrected chi connectivity index (χ3v) is 7.76. The van der Waals surface area contributed by atoms with Gasteiger partial charge in [-0.25, -0.2) is 0 Å². The Morgan fingerprint density at radius 3 is 1.88 bits per heavy atom. The third-order valence-electron chi connectivity index (χ3n) is 6.05. The molecule has 0 bridgehead atoms. The Labute approximate surface area is 246 Å². The van der Waals surface area contributed by atoms with Gasteiger partial charge in [-0.3, -0.25) is 4.79 Å². The lowest BCUT2D eigenvalue weighted by molar-refractivity contribution is -0.136. The minimum absolute atomic E-state index is 0.218. The molecule has 0 aromatic heterocycles. The molecule has 0 amide bonds. The van der Waals surface area contributed by atoms with Crippen LogP contribution in [0.4, 0.5) is 0 Å². The molecule has 41 heavy (non-hydrogen) atoms. The number of carboxylic acids is 1. The van der Waals surface area contributed by atoms with Crippen LogP contribution in [0.5, 0.6) is 17.2 Å². The fourth-order valence-corrected chi connectivity index (χ4v) is 5.46. The highest BCUT2D eigenvalue weighted by Gasteiger charge is 2.18. The van der Waals surface area contributed by atoms with Crippen molar-refractivity contribution >= 4 is 27.8 Å². The number of thioether (sulfide) groups is 1. The number of carbonyl (C=O) groups is 1. The van der Waals surface area contributed by atoms with Gasteiger partial charge >= 0.3 is 16.1 Å². The molecule has 11 heteroatoms. The van der Waals surface area contributed by atoms with Gasteiger partial charge in [0.1, 0.15) is 22.5 Å². The van der Waals surface area contributed by atoms with Crippen LogP contribution in [0.25, 0.3) is 0 Å².